The summed E-state index contributed by atoms with van der Waals surface area (Å²) in [6.07, 6.45) is 0. The van der Waals surface area contributed by atoms with Gasteiger partial charge >= 0.3 is 0 Å². The SMILES string of the molecule is NCC(N)c1cscc1Br. The van der Waals surface area contributed by atoms with Crippen LogP contribution in [0, 0.1) is 0 Å². The van der Waals surface area contributed by atoms with Crippen molar-refractivity contribution in [2.75, 3.05) is 6.54 Å². The Morgan fingerprint density at radius 2 is 2.30 bits per heavy atom. The Bertz CT molecular complexity index is 211. The minimum atomic E-state index is -0.0272. The van der Waals surface area contributed by atoms with Gasteiger partial charge < -0.3 is 11.5 Å². The standard InChI is InChI=1S/C6H9BrN2S/c7-5-3-10-2-4(5)6(9)1-8/h2-3,6H,1,8-9H2. The number of halogens is 1. The van der Waals surface area contributed by atoms with Crippen LogP contribution in [0.1, 0.15) is 11.6 Å². The van der Waals surface area contributed by atoms with Crippen LogP contribution in [-0.4, -0.2) is 6.54 Å². The van der Waals surface area contributed by atoms with Gasteiger partial charge in [-0.25, -0.2) is 0 Å². The van der Waals surface area contributed by atoms with Crippen molar-refractivity contribution in [1.82, 2.24) is 0 Å². The quantitative estimate of drug-likeness (QED) is 0.794. The van der Waals surface area contributed by atoms with E-state index in [1.165, 1.54) is 0 Å². The van der Waals surface area contributed by atoms with Crippen LogP contribution in [0.2, 0.25) is 0 Å². The predicted molar refractivity (Wildman–Crippen MR) is 48.0 cm³/mol. The minimum Gasteiger partial charge on any atom is -0.329 e. The zero-order valence-electron chi connectivity index (χ0n) is 5.38. The molecule has 1 unspecified atom stereocenters. The molecule has 0 spiro atoms. The molecule has 10 heavy (non-hydrogen) atoms. The van der Waals surface area contributed by atoms with Gasteiger partial charge in [0.2, 0.25) is 0 Å². The molecule has 0 aliphatic rings. The molecule has 1 aromatic rings. The second kappa shape index (κ2) is 3.48. The molecule has 56 valence electrons. The van der Waals surface area contributed by atoms with Crippen LogP contribution in [0.25, 0.3) is 0 Å². The van der Waals surface area contributed by atoms with E-state index in [1.807, 2.05) is 10.8 Å². The van der Waals surface area contributed by atoms with Crippen molar-refractivity contribution in [3.63, 3.8) is 0 Å². The Balaban J connectivity index is 2.82. The number of rotatable bonds is 2. The first-order valence-electron chi connectivity index (χ1n) is 2.93. The highest BCUT2D eigenvalue weighted by atomic mass is 79.9. The normalized spacial score (nSPS) is 13.5. The predicted octanol–water partition coefficient (Wildman–Crippen LogP) is 1.47. The molecule has 0 aliphatic heterocycles. The van der Waals surface area contributed by atoms with E-state index in [1.54, 1.807) is 11.3 Å². The van der Waals surface area contributed by atoms with E-state index < -0.39 is 0 Å². The molecule has 1 atom stereocenters. The van der Waals surface area contributed by atoms with Gasteiger partial charge in [-0.15, -0.1) is 0 Å². The fourth-order valence-corrected chi connectivity index (χ4v) is 2.34. The molecule has 4 N–H and O–H groups in total. The Kier molecular flexibility index (Phi) is 2.85. The van der Waals surface area contributed by atoms with E-state index in [4.69, 9.17) is 11.5 Å². The summed E-state index contributed by atoms with van der Waals surface area (Å²) in [5.41, 5.74) is 12.2. The summed E-state index contributed by atoms with van der Waals surface area (Å²) < 4.78 is 1.07. The van der Waals surface area contributed by atoms with Crippen molar-refractivity contribution < 1.29 is 0 Å². The number of thiophene rings is 1. The van der Waals surface area contributed by atoms with Crippen LogP contribution in [0.15, 0.2) is 15.2 Å². The molecule has 4 heteroatoms. The molecule has 1 aromatic heterocycles. The van der Waals surface area contributed by atoms with Gasteiger partial charge in [0.25, 0.3) is 0 Å². The van der Waals surface area contributed by atoms with Crippen LogP contribution in [0.3, 0.4) is 0 Å². The molecule has 1 rings (SSSR count). The Morgan fingerprint density at radius 1 is 1.60 bits per heavy atom. The average molecular weight is 221 g/mol. The zero-order valence-corrected chi connectivity index (χ0v) is 7.78. The number of hydrogen-bond donors (Lipinski definition) is 2. The lowest BCUT2D eigenvalue weighted by atomic mass is 10.2. The van der Waals surface area contributed by atoms with E-state index in [0.29, 0.717) is 6.54 Å². The third-order valence-electron chi connectivity index (χ3n) is 1.30. The summed E-state index contributed by atoms with van der Waals surface area (Å²) in [6, 6.07) is -0.0272. The third-order valence-corrected chi connectivity index (χ3v) is 3.05. The molecule has 0 saturated heterocycles. The Morgan fingerprint density at radius 3 is 2.70 bits per heavy atom. The first-order valence-corrected chi connectivity index (χ1v) is 4.66. The molecule has 0 aromatic carbocycles. The zero-order chi connectivity index (χ0) is 7.56. The van der Waals surface area contributed by atoms with Gasteiger partial charge in [-0.05, 0) is 26.9 Å². The van der Waals surface area contributed by atoms with Gasteiger partial charge in [0.05, 0.1) is 0 Å². The summed E-state index contributed by atoms with van der Waals surface area (Å²) in [5, 5.41) is 4.02. The van der Waals surface area contributed by atoms with E-state index in [9.17, 15) is 0 Å². The van der Waals surface area contributed by atoms with Gasteiger partial charge in [-0.3, -0.25) is 0 Å². The highest BCUT2D eigenvalue weighted by Gasteiger charge is 2.07. The van der Waals surface area contributed by atoms with E-state index in [0.717, 1.165) is 10.0 Å². The molecule has 1 heterocycles. The van der Waals surface area contributed by atoms with Gasteiger partial charge in [-0.2, -0.15) is 11.3 Å². The molecule has 0 fully saturated rings. The summed E-state index contributed by atoms with van der Waals surface area (Å²) in [7, 11) is 0. The van der Waals surface area contributed by atoms with Crippen molar-refractivity contribution in [2.24, 2.45) is 11.5 Å². The number of hydrogen-bond acceptors (Lipinski definition) is 3. The maximum atomic E-state index is 5.69. The summed E-state index contributed by atoms with van der Waals surface area (Å²) >= 11 is 5.01. The van der Waals surface area contributed by atoms with Crippen LogP contribution in [0.5, 0.6) is 0 Å². The second-order valence-electron chi connectivity index (χ2n) is 2.02. The molecular formula is C6H9BrN2S. The fraction of sp³-hybridized carbons (Fsp3) is 0.333. The maximum absolute atomic E-state index is 5.69. The Hall–Kier alpha value is 0.100. The average Bonchev–Trinajstić information content (AvgIpc) is 2.34. The van der Waals surface area contributed by atoms with Gasteiger partial charge in [0, 0.05) is 22.4 Å². The molecule has 0 radical (unpaired) electrons. The minimum absolute atomic E-state index is 0.0272. The topological polar surface area (TPSA) is 52.0 Å². The second-order valence-corrected chi connectivity index (χ2v) is 3.62. The summed E-state index contributed by atoms with van der Waals surface area (Å²) in [6.45, 7) is 0.495. The number of nitrogens with two attached hydrogens (primary N) is 2. The lowest BCUT2D eigenvalue weighted by Gasteiger charge is -2.05. The van der Waals surface area contributed by atoms with Crippen LogP contribution in [0.4, 0.5) is 0 Å². The highest BCUT2D eigenvalue weighted by Crippen LogP contribution is 2.25. The molecule has 0 saturated carbocycles. The summed E-state index contributed by atoms with van der Waals surface area (Å²) in [4.78, 5) is 0. The maximum Gasteiger partial charge on any atom is 0.0439 e. The smallest absolute Gasteiger partial charge is 0.0439 e. The monoisotopic (exact) mass is 220 g/mol. The van der Waals surface area contributed by atoms with Crippen molar-refractivity contribution in [3.8, 4) is 0 Å². The van der Waals surface area contributed by atoms with Gasteiger partial charge in [0.1, 0.15) is 0 Å². The Labute approximate surface area is 72.3 Å². The first-order chi connectivity index (χ1) is 4.75. The van der Waals surface area contributed by atoms with Crippen LogP contribution in [-0.2, 0) is 0 Å². The largest absolute Gasteiger partial charge is 0.329 e. The third kappa shape index (κ3) is 1.58. The van der Waals surface area contributed by atoms with Crippen LogP contribution >= 0.6 is 27.3 Å². The lowest BCUT2D eigenvalue weighted by molar-refractivity contribution is 0.737. The van der Waals surface area contributed by atoms with E-state index in [2.05, 4.69) is 15.9 Å². The lowest BCUT2D eigenvalue weighted by Crippen LogP contribution is -2.20. The molecule has 0 amide bonds. The van der Waals surface area contributed by atoms with Crippen molar-refractivity contribution in [3.05, 3.63) is 20.8 Å². The van der Waals surface area contributed by atoms with Crippen molar-refractivity contribution in [2.45, 2.75) is 6.04 Å². The van der Waals surface area contributed by atoms with E-state index in [-0.39, 0.29) is 6.04 Å². The van der Waals surface area contributed by atoms with Gasteiger partial charge in [-0.1, -0.05) is 0 Å². The van der Waals surface area contributed by atoms with Crippen molar-refractivity contribution >= 4 is 27.3 Å². The molecule has 0 aliphatic carbocycles. The van der Waals surface area contributed by atoms with Gasteiger partial charge in [0.15, 0.2) is 0 Å². The van der Waals surface area contributed by atoms with Crippen molar-refractivity contribution in [1.29, 1.82) is 0 Å². The summed E-state index contributed by atoms with van der Waals surface area (Å²) in [5.74, 6) is 0. The van der Waals surface area contributed by atoms with E-state index >= 15 is 0 Å². The van der Waals surface area contributed by atoms with Crippen LogP contribution < -0.4 is 11.5 Å². The fourth-order valence-electron chi connectivity index (χ4n) is 0.683. The highest BCUT2D eigenvalue weighted by molar-refractivity contribution is 9.10. The first kappa shape index (κ1) is 8.20. The molecule has 2 nitrogen and oxygen atoms in total. The molecular weight excluding hydrogens is 212 g/mol. The molecule has 0 bridgehead atoms.